The zero-order valence-electron chi connectivity index (χ0n) is 11.7. The number of halogens is 2. The number of hydrogen-bond donors (Lipinski definition) is 1. The van der Waals surface area contributed by atoms with Crippen LogP contribution in [-0.2, 0) is 11.2 Å². The molecule has 3 nitrogen and oxygen atoms in total. The molecule has 0 radical (unpaired) electrons. The number of carbonyl (C=O) groups excluding carboxylic acids is 1. The number of nitrogens with one attached hydrogen (secondary N) is 1. The number of aryl methyl sites for hydroxylation is 1. The molecule has 0 unspecified atom stereocenters. The van der Waals surface area contributed by atoms with E-state index in [1.165, 1.54) is 16.9 Å². The van der Waals surface area contributed by atoms with Crippen molar-refractivity contribution in [2.24, 2.45) is 0 Å². The first-order valence-electron chi connectivity index (χ1n) is 6.62. The summed E-state index contributed by atoms with van der Waals surface area (Å²) >= 11 is 13.4. The highest BCUT2D eigenvalue weighted by Crippen LogP contribution is 2.27. The molecule has 0 atom stereocenters. The Morgan fingerprint density at radius 2 is 2.05 bits per heavy atom. The predicted molar refractivity (Wildman–Crippen MR) is 93.2 cm³/mol. The van der Waals surface area contributed by atoms with Gasteiger partial charge in [-0.05, 0) is 42.3 Å². The standard InChI is InChI=1S/C16H12Cl2N2OS/c1-9-2-5-13-14(6-9)22-16(19-13)20-15(21)7-10-3-4-11(17)8-12(10)18/h2-6,8H,7H2,1H3,(H,19,20,21). The van der Waals surface area contributed by atoms with Crippen molar-refractivity contribution in [2.45, 2.75) is 13.3 Å². The van der Waals surface area contributed by atoms with E-state index in [9.17, 15) is 4.79 Å². The van der Waals surface area contributed by atoms with Crippen LogP contribution in [0.15, 0.2) is 36.4 Å². The first kappa shape index (κ1) is 15.3. The monoisotopic (exact) mass is 350 g/mol. The van der Waals surface area contributed by atoms with Crippen molar-refractivity contribution in [3.8, 4) is 0 Å². The number of benzene rings is 2. The molecule has 3 rings (SSSR count). The highest BCUT2D eigenvalue weighted by molar-refractivity contribution is 7.22. The molecule has 0 saturated carbocycles. The first-order chi connectivity index (χ1) is 10.5. The molecule has 22 heavy (non-hydrogen) atoms. The van der Waals surface area contributed by atoms with Crippen LogP contribution in [-0.4, -0.2) is 10.9 Å². The molecule has 1 N–H and O–H groups in total. The van der Waals surface area contributed by atoms with Gasteiger partial charge in [0.1, 0.15) is 0 Å². The summed E-state index contributed by atoms with van der Waals surface area (Å²) < 4.78 is 1.06. The van der Waals surface area contributed by atoms with Crippen molar-refractivity contribution < 1.29 is 4.79 Å². The predicted octanol–water partition coefficient (Wildman–Crippen LogP) is 5.09. The number of anilines is 1. The molecule has 2 aromatic carbocycles. The lowest BCUT2D eigenvalue weighted by Gasteiger charge is -2.04. The summed E-state index contributed by atoms with van der Waals surface area (Å²) in [6.07, 6.45) is 0.185. The molecule has 1 heterocycles. The van der Waals surface area contributed by atoms with Gasteiger partial charge in [0.25, 0.3) is 0 Å². The van der Waals surface area contributed by atoms with Crippen molar-refractivity contribution in [3.63, 3.8) is 0 Å². The van der Waals surface area contributed by atoms with E-state index in [0.29, 0.717) is 15.2 Å². The van der Waals surface area contributed by atoms with Crippen molar-refractivity contribution in [1.82, 2.24) is 4.98 Å². The zero-order valence-corrected chi connectivity index (χ0v) is 14.0. The van der Waals surface area contributed by atoms with Crippen molar-refractivity contribution in [1.29, 1.82) is 0 Å². The Balaban J connectivity index is 1.75. The van der Waals surface area contributed by atoms with Crippen LogP contribution in [0.25, 0.3) is 10.2 Å². The molecule has 3 aromatic rings. The largest absolute Gasteiger partial charge is 0.302 e. The number of aromatic nitrogens is 1. The molecule has 6 heteroatoms. The van der Waals surface area contributed by atoms with Gasteiger partial charge in [0.2, 0.25) is 5.91 Å². The van der Waals surface area contributed by atoms with Gasteiger partial charge in [-0.3, -0.25) is 4.79 Å². The molecule has 0 spiro atoms. The normalized spacial score (nSPS) is 10.9. The fraction of sp³-hybridized carbons (Fsp3) is 0.125. The highest BCUT2D eigenvalue weighted by Gasteiger charge is 2.11. The van der Waals surface area contributed by atoms with Crippen LogP contribution in [0.3, 0.4) is 0 Å². The van der Waals surface area contributed by atoms with E-state index in [4.69, 9.17) is 23.2 Å². The maximum Gasteiger partial charge on any atom is 0.230 e. The summed E-state index contributed by atoms with van der Waals surface area (Å²) in [5.41, 5.74) is 2.79. The Labute approximate surface area is 141 Å². The second-order valence-corrected chi connectivity index (χ2v) is 6.83. The quantitative estimate of drug-likeness (QED) is 0.714. The fourth-order valence-corrected chi connectivity index (χ4v) is 3.54. The number of rotatable bonds is 3. The Kier molecular flexibility index (Phi) is 4.34. The third-order valence-electron chi connectivity index (χ3n) is 3.16. The Hall–Kier alpha value is -1.62. The van der Waals surface area contributed by atoms with Gasteiger partial charge in [-0.2, -0.15) is 0 Å². The third kappa shape index (κ3) is 3.40. The average Bonchev–Trinajstić information content (AvgIpc) is 2.83. The molecule has 0 saturated heterocycles. The lowest BCUT2D eigenvalue weighted by molar-refractivity contribution is -0.115. The minimum Gasteiger partial charge on any atom is -0.302 e. The van der Waals surface area contributed by atoms with Crippen LogP contribution in [0.4, 0.5) is 5.13 Å². The number of fused-ring (bicyclic) bond motifs is 1. The molecule has 1 amide bonds. The van der Waals surface area contributed by atoms with E-state index in [1.54, 1.807) is 18.2 Å². The van der Waals surface area contributed by atoms with Crippen molar-refractivity contribution in [3.05, 3.63) is 57.6 Å². The van der Waals surface area contributed by atoms with Crippen LogP contribution < -0.4 is 5.32 Å². The summed E-state index contributed by atoms with van der Waals surface area (Å²) in [7, 11) is 0. The minimum atomic E-state index is -0.153. The second-order valence-electron chi connectivity index (χ2n) is 4.95. The SMILES string of the molecule is Cc1ccc2nc(NC(=O)Cc3ccc(Cl)cc3Cl)sc2c1. The molecular formula is C16H12Cl2N2OS. The Morgan fingerprint density at radius 1 is 1.23 bits per heavy atom. The van der Waals surface area contributed by atoms with Gasteiger partial charge in [-0.1, -0.05) is 46.7 Å². The maximum atomic E-state index is 12.1. The van der Waals surface area contributed by atoms with E-state index in [2.05, 4.69) is 16.4 Å². The minimum absolute atomic E-state index is 0.153. The molecule has 0 fully saturated rings. The Morgan fingerprint density at radius 3 is 2.82 bits per heavy atom. The van der Waals surface area contributed by atoms with Crippen molar-refractivity contribution >= 4 is 55.8 Å². The second kappa shape index (κ2) is 6.24. The highest BCUT2D eigenvalue weighted by atomic mass is 35.5. The number of nitrogens with zero attached hydrogens (tertiary/aromatic N) is 1. The van der Waals surface area contributed by atoms with Crippen LogP contribution >= 0.6 is 34.5 Å². The van der Waals surface area contributed by atoms with E-state index in [1.807, 2.05) is 19.1 Å². The third-order valence-corrected chi connectivity index (χ3v) is 4.68. The summed E-state index contributed by atoms with van der Waals surface area (Å²) in [5, 5.41) is 4.45. The van der Waals surface area contributed by atoms with Gasteiger partial charge in [-0.15, -0.1) is 0 Å². The van der Waals surface area contributed by atoms with Gasteiger partial charge in [0.15, 0.2) is 5.13 Å². The van der Waals surface area contributed by atoms with Gasteiger partial charge in [-0.25, -0.2) is 4.98 Å². The molecule has 0 bridgehead atoms. The molecule has 0 aliphatic carbocycles. The van der Waals surface area contributed by atoms with Gasteiger partial charge < -0.3 is 5.32 Å². The van der Waals surface area contributed by atoms with E-state index in [0.717, 1.165) is 15.8 Å². The van der Waals surface area contributed by atoms with E-state index >= 15 is 0 Å². The smallest absolute Gasteiger partial charge is 0.230 e. The van der Waals surface area contributed by atoms with Crippen LogP contribution in [0, 0.1) is 6.92 Å². The van der Waals surface area contributed by atoms with Gasteiger partial charge in [0, 0.05) is 10.0 Å². The van der Waals surface area contributed by atoms with Crippen LogP contribution in [0.1, 0.15) is 11.1 Å². The number of hydrogen-bond acceptors (Lipinski definition) is 3. The van der Waals surface area contributed by atoms with E-state index < -0.39 is 0 Å². The summed E-state index contributed by atoms with van der Waals surface area (Å²) in [6, 6.07) is 11.1. The lowest BCUT2D eigenvalue weighted by Crippen LogP contribution is -2.14. The topological polar surface area (TPSA) is 42.0 Å². The molecule has 112 valence electrons. The zero-order chi connectivity index (χ0) is 15.7. The van der Waals surface area contributed by atoms with Crippen LogP contribution in [0.2, 0.25) is 10.0 Å². The lowest BCUT2D eigenvalue weighted by atomic mass is 10.1. The Bertz CT molecular complexity index is 860. The molecule has 0 aliphatic heterocycles. The van der Waals surface area contributed by atoms with Gasteiger partial charge >= 0.3 is 0 Å². The summed E-state index contributed by atoms with van der Waals surface area (Å²) in [6.45, 7) is 2.03. The molecular weight excluding hydrogens is 339 g/mol. The maximum absolute atomic E-state index is 12.1. The number of carbonyl (C=O) groups is 1. The number of thiazole rings is 1. The van der Waals surface area contributed by atoms with Crippen LogP contribution in [0.5, 0.6) is 0 Å². The number of amides is 1. The summed E-state index contributed by atoms with van der Waals surface area (Å²) in [4.78, 5) is 16.5. The fourth-order valence-electron chi connectivity index (χ4n) is 2.09. The first-order valence-corrected chi connectivity index (χ1v) is 8.19. The molecule has 1 aromatic heterocycles. The van der Waals surface area contributed by atoms with E-state index in [-0.39, 0.29) is 12.3 Å². The average molecular weight is 351 g/mol. The molecule has 0 aliphatic rings. The van der Waals surface area contributed by atoms with Gasteiger partial charge in [0.05, 0.1) is 16.6 Å². The van der Waals surface area contributed by atoms with Crippen molar-refractivity contribution in [2.75, 3.05) is 5.32 Å². The summed E-state index contributed by atoms with van der Waals surface area (Å²) in [5.74, 6) is -0.153.